The van der Waals surface area contributed by atoms with E-state index in [4.69, 9.17) is 12.2 Å². The highest BCUT2D eigenvalue weighted by Gasteiger charge is 2.33. The van der Waals surface area contributed by atoms with Crippen molar-refractivity contribution in [3.8, 4) is 0 Å². The number of thioether (sulfide) groups is 1. The zero-order valence-electron chi connectivity index (χ0n) is 16.6. The minimum atomic E-state index is -0.456. The molecule has 30 heavy (non-hydrogen) atoms. The number of anilines is 1. The molecule has 0 atom stereocenters. The van der Waals surface area contributed by atoms with Gasteiger partial charge >= 0.3 is 0 Å². The molecule has 1 saturated heterocycles. The van der Waals surface area contributed by atoms with Gasteiger partial charge in [0.1, 0.15) is 10.9 Å². The Labute approximate surface area is 184 Å². The van der Waals surface area contributed by atoms with E-state index >= 15 is 0 Å². The van der Waals surface area contributed by atoms with Crippen molar-refractivity contribution in [2.24, 2.45) is 0 Å². The van der Waals surface area contributed by atoms with Gasteiger partial charge in [-0.15, -0.1) is 0 Å². The van der Waals surface area contributed by atoms with Crippen molar-refractivity contribution >= 4 is 57.8 Å². The summed E-state index contributed by atoms with van der Waals surface area (Å²) < 4.78 is 0.317. The summed E-state index contributed by atoms with van der Waals surface area (Å²) in [6.45, 7) is 3.53. The maximum absolute atomic E-state index is 12.6. The third-order valence-electron chi connectivity index (χ3n) is 4.51. The zero-order chi connectivity index (χ0) is 21.7. The molecule has 154 valence electrons. The standard InChI is InChI=1S/C22H21N3O3S2/c1-14-8-9-17(10-15(14)2)24-19(26)12-23-20(27)13-25-21(28)18(30-22(25)29)11-16-6-4-3-5-7-16/h3-11H,12-13H2,1-2H3,(H,23,27)(H,24,26). The van der Waals surface area contributed by atoms with Crippen molar-refractivity contribution in [1.29, 1.82) is 0 Å². The van der Waals surface area contributed by atoms with Gasteiger partial charge in [-0.25, -0.2) is 0 Å². The number of carbonyl (C=O) groups is 3. The van der Waals surface area contributed by atoms with Gasteiger partial charge in [-0.05, 0) is 48.7 Å². The fourth-order valence-corrected chi connectivity index (χ4v) is 3.99. The molecule has 0 radical (unpaired) electrons. The van der Waals surface area contributed by atoms with Gasteiger partial charge in [0.2, 0.25) is 11.8 Å². The third-order valence-corrected chi connectivity index (χ3v) is 5.89. The van der Waals surface area contributed by atoms with Gasteiger partial charge in [-0.2, -0.15) is 0 Å². The Morgan fingerprint density at radius 2 is 1.80 bits per heavy atom. The molecule has 8 heteroatoms. The van der Waals surface area contributed by atoms with Crippen LogP contribution in [0.3, 0.4) is 0 Å². The second-order valence-corrected chi connectivity index (χ2v) is 8.48. The molecule has 2 aromatic rings. The number of hydrogen-bond donors (Lipinski definition) is 2. The van der Waals surface area contributed by atoms with Gasteiger partial charge in [0.05, 0.1) is 11.4 Å². The maximum atomic E-state index is 12.6. The average molecular weight is 440 g/mol. The van der Waals surface area contributed by atoms with Crippen LogP contribution in [0.1, 0.15) is 16.7 Å². The number of benzene rings is 2. The molecule has 1 aliphatic rings. The summed E-state index contributed by atoms with van der Waals surface area (Å²) in [6, 6.07) is 15.0. The van der Waals surface area contributed by atoms with E-state index in [2.05, 4.69) is 10.6 Å². The predicted octanol–water partition coefficient (Wildman–Crippen LogP) is 3.26. The van der Waals surface area contributed by atoms with Crippen molar-refractivity contribution in [3.05, 3.63) is 70.1 Å². The first-order valence-electron chi connectivity index (χ1n) is 9.27. The highest BCUT2D eigenvalue weighted by molar-refractivity contribution is 8.26. The summed E-state index contributed by atoms with van der Waals surface area (Å²) in [7, 11) is 0. The lowest BCUT2D eigenvalue weighted by molar-refractivity contribution is -0.129. The molecule has 0 bridgehead atoms. The van der Waals surface area contributed by atoms with Crippen LogP contribution in [-0.2, 0) is 14.4 Å². The van der Waals surface area contributed by atoms with Gasteiger partial charge in [0.25, 0.3) is 5.91 Å². The summed E-state index contributed by atoms with van der Waals surface area (Å²) in [6.07, 6.45) is 1.74. The molecule has 1 aliphatic heterocycles. The Morgan fingerprint density at radius 3 is 2.50 bits per heavy atom. The maximum Gasteiger partial charge on any atom is 0.266 e. The van der Waals surface area contributed by atoms with Crippen LogP contribution in [0, 0.1) is 13.8 Å². The number of nitrogens with zero attached hydrogens (tertiary/aromatic N) is 1. The van der Waals surface area contributed by atoms with E-state index in [-0.39, 0.29) is 24.9 Å². The zero-order valence-corrected chi connectivity index (χ0v) is 18.2. The Bertz CT molecular complexity index is 1040. The van der Waals surface area contributed by atoms with Crippen LogP contribution in [-0.4, -0.2) is 40.0 Å². The predicted molar refractivity (Wildman–Crippen MR) is 124 cm³/mol. The first-order valence-corrected chi connectivity index (χ1v) is 10.5. The number of rotatable bonds is 6. The summed E-state index contributed by atoms with van der Waals surface area (Å²) >= 11 is 6.40. The molecule has 0 aliphatic carbocycles. The Morgan fingerprint density at radius 1 is 1.07 bits per heavy atom. The molecule has 0 spiro atoms. The van der Waals surface area contributed by atoms with Crippen molar-refractivity contribution in [2.45, 2.75) is 13.8 Å². The van der Waals surface area contributed by atoms with E-state index in [1.165, 1.54) is 4.90 Å². The van der Waals surface area contributed by atoms with Crippen LogP contribution in [0.15, 0.2) is 53.4 Å². The molecule has 1 heterocycles. The van der Waals surface area contributed by atoms with E-state index in [0.717, 1.165) is 28.5 Å². The van der Waals surface area contributed by atoms with Crippen LogP contribution in [0.5, 0.6) is 0 Å². The summed E-state index contributed by atoms with van der Waals surface area (Å²) in [4.78, 5) is 38.6. The minimum absolute atomic E-state index is 0.194. The van der Waals surface area contributed by atoms with Gasteiger partial charge in [-0.3, -0.25) is 19.3 Å². The van der Waals surface area contributed by atoms with Crippen molar-refractivity contribution < 1.29 is 14.4 Å². The number of thiocarbonyl (C=S) groups is 1. The van der Waals surface area contributed by atoms with Crippen LogP contribution >= 0.6 is 24.0 Å². The highest BCUT2D eigenvalue weighted by Crippen LogP contribution is 2.32. The molecule has 3 rings (SSSR count). The lowest BCUT2D eigenvalue weighted by atomic mass is 10.1. The first-order chi connectivity index (χ1) is 14.3. The van der Waals surface area contributed by atoms with Crippen molar-refractivity contribution in [1.82, 2.24) is 10.2 Å². The van der Waals surface area contributed by atoms with E-state index < -0.39 is 5.91 Å². The molecule has 2 aromatic carbocycles. The third kappa shape index (κ3) is 5.55. The Kier molecular flexibility index (Phi) is 7.02. The average Bonchev–Trinajstić information content (AvgIpc) is 2.97. The minimum Gasteiger partial charge on any atom is -0.345 e. The van der Waals surface area contributed by atoms with E-state index in [9.17, 15) is 14.4 Å². The van der Waals surface area contributed by atoms with Crippen molar-refractivity contribution in [3.63, 3.8) is 0 Å². The Hall–Kier alpha value is -2.97. The number of aryl methyl sites for hydroxylation is 2. The van der Waals surface area contributed by atoms with Crippen LogP contribution in [0.2, 0.25) is 0 Å². The molecule has 6 nitrogen and oxygen atoms in total. The number of amides is 3. The lowest BCUT2D eigenvalue weighted by Gasteiger charge is -2.14. The molecule has 2 N–H and O–H groups in total. The van der Waals surface area contributed by atoms with Crippen LogP contribution < -0.4 is 10.6 Å². The number of nitrogens with one attached hydrogen (secondary N) is 2. The molecular formula is C22H21N3O3S2. The second-order valence-electron chi connectivity index (χ2n) is 6.80. The summed E-state index contributed by atoms with van der Waals surface area (Å²) in [5.74, 6) is -1.12. The molecule has 1 fully saturated rings. The van der Waals surface area contributed by atoms with Crippen LogP contribution in [0.4, 0.5) is 5.69 Å². The molecular weight excluding hydrogens is 418 g/mol. The SMILES string of the molecule is Cc1ccc(NC(=O)CNC(=O)CN2C(=O)C(=Cc3ccccc3)SC2=S)cc1C. The van der Waals surface area contributed by atoms with Gasteiger partial charge in [-0.1, -0.05) is 60.4 Å². The summed E-state index contributed by atoms with van der Waals surface area (Å²) in [5, 5.41) is 5.27. The van der Waals surface area contributed by atoms with Gasteiger partial charge in [0, 0.05) is 5.69 Å². The molecule has 0 aromatic heterocycles. The molecule has 0 saturated carbocycles. The van der Waals surface area contributed by atoms with Gasteiger partial charge in [0.15, 0.2) is 0 Å². The first kappa shape index (κ1) is 21.7. The molecule has 3 amide bonds. The largest absolute Gasteiger partial charge is 0.345 e. The lowest BCUT2D eigenvalue weighted by Crippen LogP contribution is -2.42. The number of hydrogen-bond acceptors (Lipinski definition) is 5. The topological polar surface area (TPSA) is 78.5 Å². The number of carbonyl (C=O) groups excluding carboxylic acids is 3. The van der Waals surface area contributed by atoms with Crippen molar-refractivity contribution in [2.75, 3.05) is 18.4 Å². The molecule has 0 unspecified atom stereocenters. The van der Waals surface area contributed by atoms with Gasteiger partial charge < -0.3 is 10.6 Å². The normalized spacial score (nSPS) is 14.9. The Balaban J connectivity index is 1.52. The summed E-state index contributed by atoms with van der Waals surface area (Å²) in [5.41, 5.74) is 3.74. The highest BCUT2D eigenvalue weighted by atomic mass is 32.2. The quantitative estimate of drug-likeness (QED) is 0.534. The monoisotopic (exact) mass is 439 g/mol. The van der Waals surface area contributed by atoms with E-state index in [0.29, 0.717) is 14.9 Å². The van der Waals surface area contributed by atoms with E-state index in [1.807, 2.05) is 56.3 Å². The van der Waals surface area contributed by atoms with Crippen LogP contribution in [0.25, 0.3) is 6.08 Å². The smallest absolute Gasteiger partial charge is 0.266 e. The fourth-order valence-electron chi connectivity index (χ4n) is 2.74. The van der Waals surface area contributed by atoms with E-state index in [1.54, 1.807) is 12.1 Å². The fraction of sp³-hybridized carbons (Fsp3) is 0.182. The second kappa shape index (κ2) is 9.69.